The van der Waals surface area contributed by atoms with E-state index in [2.05, 4.69) is 26.6 Å². The number of sulfonamides is 1. The monoisotopic (exact) mass is 455 g/mol. The third-order valence-electron chi connectivity index (χ3n) is 4.78. The number of ketones is 1. The van der Waals surface area contributed by atoms with Crippen LogP contribution in [0.2, 0.25) is 0 Å². The molecule has 4 aromatic rings. The molecule has 0 saturated carbocycles. The third-order valence-corrected chi connectivity index (χ3v) is 5.74. The smallest absolute Gasteiger partial charge is 0.254 e. The minimum Gasteiger partial charge on any atom is -0.340 e. The van der Waals surface area contributed by atoms with E-state index in [-0.39, 0.29) is 5.78 Å². The van der Waals surface area contributed by atoms with Gasteiger partial charge in [0.05, 0.1) is 17.1 Å². The lowest BCUT2D eigenvalue weighted by atomic mass is 10.0. The van der Waals surface area contributed by atoms with Gasteiger partial charge in [-0.3, -0.25) is 9.52 Å². The van der Waals surface area contributed by atoms with E-state index in [9.17, 15) is 13.2 Å². The predicted molar refractivity (Wildman–Crippen MR) is 127 cm³/mol. The van der Waals surface area contributed by atoms with Crippen LogP contribution in [0, 0.1) is 11.3 Å². The summed E-state index contributed by atoms with van der Waals surface area (Å²) in [4.78, 5) is 21.2. The first-order chi connectivity index (χ1) is 15.9. The largest absolute Gasteiger partial charge is 0.340 e. The second-order valence-corrected chi connectivity index (χ2v) is 8.62. The minimum atomic E-state index is -3.65. The summed E-state index contributed by atoms with van der Waals surface area (Å²) in [6, 6.07) is 20.3. The summed E-state index contributed by atoms with van der Waals surface area (Å²) < 4.78 is 26.0. The maximum absolute atomic E-state index is 12.7. The molecule has 0 atom stereocenters. The Kier molecular flexibility index (Phi) is 5.85. The van der Waals surface area contributed by atoms with E-state index >= 15 is 0 Å². The van der Waals surface area contributed by atoms with Crippen molar-refractivity contribution in [2.24, 2.45) is 0 Å². The molecule has 162 valence electrons. The van der Waals surface area contributed by atoms with Crippen molar-refractivity contribution in [2.45, 2.75) is 0 Å². The maximum Gasteiger partial charge on any atom is 0.254 e. The summed E-state index contributed by atoms with van der Waals surface area (Å²) >= 11 is 0. The van der Waals surface area contributed by atoms with Crippen molar-refractivity contribution in [1.82, 2.24) is 9.97 Å². The highest BCUT2D eigenvalue weighted by atomic mass is 32.2. The Morgan fingerprint density at radius 1 is 0.970 bits per heavy atom. The normalized spacial score (nSPS) is 10.9. The van der Waals surface area contributed by atoms with Crippen molar-refractivity contribution in [2.75, 3.05) is 10.0 Å². The highest BCUT2D eigenvalue weighted by Crippen LogP contribution is 2.26. The van der Waals surface area contributed by atoms with E-state index in [4.69, 9.17) is 5.26 Å². The first-order valence-electron chi connectivity index (χ1n) is 9.70. The van der Waals surface area contributed by atoms with Crippen molar-refractivity contribution in [3.05, 3.63) is 102 Å². The van der Waals surface area contributed by atoms with Gasteiger partial charge in [-0.1, -0.05) is 18.7 Å². The van der Waals surface area contributed by atoms with Crippen LogP contribution in [-0.2, 0) is 10.0 Å². The van der Waals surface area contributed by atoms with Crippen LogP contribution >= 0.6 is 0 Å². The average molecular weight is 455 g/mol. The van der Waals surface area contributed by atoms with Crippen LogP contribution in [-0.4, -0.2) is 24.2 Å². The van der Waals surface area contributed by atoms with Gasteiger partial charge >= 0.3 is 0 Å². The lowest BCUT2D eigenvalue weighted by molar-refractivity contribution is 0.103. The predicted octanol–water partition coefficient (Wildman–Crippen LogP) is 4.36. The van der Waals surface area contributed by atoms with Crippen molar-refractivity contribution >= 4 is 43.9 Å². The van der Waals surface area contributed by atoms with Crippen molar-refractivity contribution in [3.63, 3.8) is 0 Å². The molecule has 0 unspecified atom stereocenters. The van der Waals surface area contributed by atoms with Gasteiger partial charge in [-0.05, 0) is 54.6 Å². The lowest BCUT2D eigenvalue weighted by Gasteiger charge is -2.11. The Hall–Kier alpha value is -4.55. The number of aromatic nitrogens is 2. The van der Waals surface area contributed by atoms with Gasteiger partial charge in [0.2, 0.25) is 0 Å². The number of nitriles is 1. The second-order valence-electron chi connectivity index (χ2n) is 6.99. The van der Waals surface area contributed by atoms with E-state index in [1.54, 1.807) is 66.7 Å². The topological polar surface area (TPSA) is 125 Å². The summed E-state index contributed by atoms with van der Waals surface area (Å²) in [7, 11) is -3.65. The highest BCUT2D eigenvalue weighted by molar-refractivity contribution is 7.95. The molecule has 9 heteroatoms. The second kappa shape index (κ2) is 8.90. The molecular formula is C24H17N5O3S. The third kappa shape index (κ3) is 4.87. The van der Waals surface area contributed by atoms with Crippen LogP contribution in [0.15, 0.2) is 85.0 Å². The minimum absolute atomic E-state index is 0.190. The Labute approximate surface area is 190 Å². The van der Waals surface area contributed by atoms with Gasteiger partial charge in [0, 0.05) is 33.3 Å². The van der Waals surface area contributed by atoms with Crippen LogP contribution in [0.4, 0.5) is 17.2 Å². The zero-order valence-electron chi connectivity index (χ0n) is 17.2. The van der Waals surface area contributed by atoms with E-state index in [0.29, 0.717) is 44.8 Å². The maximum atomic E-state index is 12.7. The molecule has 0 aliphatic rings. The average Bonchev–Trinajstić information content (AvgIpc) is 2.84. The fourth-order valence-corrected chi connectivity index (χ4v) is 3.70. The van der Waals surface area contributed by atoms with Gasteiger partial charge in [-0.25, -0.2) is 18.4 Å². The van der Waals surface area contributed by atoms with Crippen LogP contribution in [0.3, 0.4) is 0 Å². The van der Waals surface area contributed by atoms with Gasteiger partial charge in [0.1, 0.15) is 12.1 Å². The molecule has 4 rings (SSSR count). The zero-order chi connectivity index (χ0) is 23.4. The Bertz CT molecular complexity index is 1520. The molecule has 1 heterocycles. The molecule has 0 saturated heterocycles. The zero-order valence-corrected chi connectivity index (χ0v) is 18.0. The molecule has 1 aromatic heterocycles. The molecule has 8 nitrogen and oxygen atoms in total. The number of hydrogen-bond donors (Lipinski definition) is 2. The van der Waals surface area contributed by atoms with Gasteiger partial charge < -0.3 is 5.32 Å². The summed E-state index contributed by atoms with van der Waals surface area (Å²) in [5, 5.41) is 13.6. The number of rotatable bonds is 7. The SMILES string of the molecule is C=CS(=O)(=O)Nc1ccc2ncnc(Nc3ccc(C(=O)c4cccc(C#N)c4)cc3)c2c1. The van der Waals surface area contributed by atoms with Crippen LogP contribution in [0.5, 0.6) is 0 Å². The van der Waals surface area contributed by atoms with Gasteiger partial charge in [0.25, 0.3) is 10.0 Å². The number of carbonyl (C=O) groups is 1. The quantitative estimate of drug-likeness (QED) is 0.397. The molecule has 2 N–H and O–H groups in total. The van der Waals surface area contributed by atoms with E-state index in [1.807, 2.05) is 6.07 Å². The Morgan fingerprint density at radius 3 is 2.45 bits per heavy atom. The fourth-order valence-electron chi connectivity index (χ4n) is 3.16. The van der Waals surface area contributed by atoms with Crippen LogP contribution in [0.25, 0.3) is 10.9 Å². The number of nitrogens with one attached hydrogen (secondary N) is 2. The first kappa shape index (κ1) is 21.7. The van der Waals surface area contributed by atoms with Crippen molar-refractivity contribution in [3.8, 4) is 6.07 Å². The van der Waals surface area contributed by atoms with Crippen LogP contribution < -0.4 is 10.0 Å². The number of benzene rings is 3. The summed E-state index contributed by atoms with van der Waals surface area (Å²) in [5.41, 5.74) is 2.98. The summed E-state index contributed by atoms with van der Waals surface area (Å²) in [5.74, 6) is 0.283. The molecule has 0 fully saturated rings. The molecule has 0 radical (unpaired) electrons. The fraction of sp³-hybridized carbons (Fsp3) is 0. The number of nitrogens with zero attached hydrogens (tertiary/aromatic N) is 3. The summed E-state index contributed by atoms with van der Waals surface area (Å²) in [6.07, 6.45) is 1.40. The molecule has 3 aromatic carbocycles. The number of carbonyl (C=O) groups excluding carboxylic acids is 1. The molecular weight excluding hydrogens is 438 g/mol. The lowest BCUT2D eigenvalue weighted by Crippen LogP contribution is -2.08. The van der Waals surface area contributed by atoms with Gasteiger partial charge in [0.15, 0.2) is 5.78 Å². The highest BCUT2D eigenvalue weighted by Gasteiger charge is 2.11. The first-order valence-corrected chi connectivity index (χ1v) is 11.2. The molecule has 0 aliphatic heterocycles. The van der Waals surface area contributed by atoms with Crippen molar-refractivity contribution in [1.29, 1.82) is 5.26 Å². The molecule has 0 aliphatic carbocycles. The number of hydrogen-bond acceptors (Lipinski definition) is 7. The number of anilines is 3. The Morgan fingerprint density at radius 2 is 1.73 bits per heavy atom. The summed E-state index contributed by atoms with van der Waals surface area (Å²) in [6.45, 7) is 3.29. The van der Waals surface area contributed by atoms with Gasteiger partial charge in [-0.15, -0.1) is 0 Å². The standard InChI is InChI=1S/C24H17N5O3S/c1-2-33(31,32)29-20-10-11-22-21(13-20)24(27-15-26-22)28-19-8-6-17(7-9-19)23(30)18-5-3-4-16(12-18)14-25/h2-13,15,29H,1H2,(H,26,27,28). The molecule has 33 heavy (non-hydrogen) atoms. The van der Waals surface area contributed by atoms with Gasteiger partial charge in [-0.2, -0.15) is 5.26 Å². The molecule has 0 amide bonds. The van der Waals surface area contributed by atoms with Crippen molar-refractivity contribution < 1.29 is 13.2 Å². The number of fused-ring (bicyclic) bond motifs is 1. The van der Waals surface area contributed by atoms with E-state index in [0.717, 1.165) is 5.41 Å². The molecule has 0 spiro atoms. The van der Waals surface area contributed by atoms with E-state index in [1.165, 1.54) is 6.33 Å². The Balaban J connectivity index is 1.60. The molecule has 0 bridgehead atoms. The van der Waals surface area contributed by atoms with Crippen LogP contribution in [0.1, 0.15) is 21.5 Å². The van der Waals surface area contributed by atoms with E-state index < -0.39 is 10.0 Å².